The van der Waals surface area contributed by atoms with Gasteiger partial charge in [-0.2, -0.15) is 16.7 Å². The second-order valence-electron chi connectivity index (χ2n) is 6.59. The fourth-order valence-electron chi connectivity index (χ4n) is 3.17. The van der Waals surface area contributed by atoms with Gasteiger partial charge in [0.25, 0.3) is 0 Å². The second kappa shape index (κ2) is 6.50. The number of nitrogens with zero attached hydrogens (tertiary/aromatic N) is 2. The Bertz CT molecular complexity index is 471. The first kappa shape index (κ1) is 15.7. The minimum Gasteiger partial charge on any atom is -0.339 e. The van der Waals surface area contributed by atoms with Crippen LogP contribution in [0.1, 0.15) is 50.6 Å². The van der Waals surface area contributed by atoms with Crippen molar-refractivity contribution in [3.05, 3.63) is 11.7 Å². The Hall–Kier alpha value is -0.200. The van der Waals surface area contributed by atoms with Crippen molar-refractivity contribution in [2.24, 2.45) is 5.92 Å². The lowest BCUT2D eigenvalue weighted by Gasteiger charge is -2.34. The molecule has 0 radical (unpaired) electrons. The summed E-state index contributed by atoms with van der Waals surface area (Å²) < 4.78 is 5.67. The predicted octanol–water partition coefficient (Wildman–Crippen LogP) is 3.26. The van der Waals surface area contributed by atoms with Crippen LogP contribution in [0.4, 0.5) is 0 Å². The minimum atomic E-state index is -0.0472. The minimum absolute atomic E-state index is 0.0472. The summed E-state index contributed by atoms with van der Waals surface area (Å²) in [4.78, 5) is 4.79. The fraction of sp³-hybridized carbons (Fsp3) is 0.867. The van der Waals surface area contributed by atoms with Crippen molar-refractivity contribution >= 4 is 23.5 Å². The Kier molecular flexibility index (Phi) is 4.86. The van der Waals surface area contributed by atoms with Crippen LogP contribution >= 0.6 is 23.5 Å². The molecule has 4 nitrogen and oxygen atoms in total. The summed E-state index contributed by atoms with van der Waals surface area (Å²) >= 11 is 3.98. The first-order chi connectivity index (χ1) is 10.1. The summed E-state index contributed by atoms with van der Waals surface area (Å²) in [5.41, 5.74) is -0.0472. The van der Waals surface area contributed by atoms with Crippen LogP contribution in [0.3, 0.4) is 0 Å². The molecule has 0 spiro atoms. The van der Waals surface area contributed by atoms with Gasteiger partial charge >= 0.3 is 0 Å². The summed E-state index contributed by atoms with van der Waals surface area (Å²) in [7, 11) is 0. The van der Waals surface area contributed by atoms with E-state index in [1.165, 1.54) is 24.3 Å². The van der Waals surface area contributed by atoms with Crippen LogP contribution < -0.4 is 5.32 Å². The average molecular weight is 328 g/mol. The van der Waals surface area contributed by atoms with Crippen molar-refractivity contribution in [1.29, 1.82) is 0 Å². The highest BCUT2D eigenvalue weighted by atomic mass is 32.2. The Morgan fingerprint density at radius 3 is 2.81 bits per heavy atom. The van der Waals surface area contributed by atoms with Crippen molar-refractivity contribution in [1.82, 2.24) is 15.5 Å². The predicted molar refractivity (Wildman–Crippen MR) is 90.0 cm³/mol. The quantitative estimate of drug-likeness (QED) is 0.919. The molecule has 0 saturated carbocycles. The van der Waals surface area contributed by atoms with Gasteiger partial charge in [-0.25, -0.2) is 0 Å². The van der Waals surface area contributed by atoms with Crippen LogP contribution in [0.15, 0.2) is 4.52 Å². The third-order valence-corrected chi connectivity index (χ3v) is 7.84. The van der Waals surface area contributed by atoms with Gasteiger partial charge < -0.3 is 9.84 Å². The molecule has 2 saturated heterocycles. The standard InChI is InChI=1S/C15H25N3OS2/c1-10-12(21-8-7-20-10)13-17-14(19-18-13)15(2,3)11-5-4-6-16-9-11/h10-12,16H,4-9H2,1-3H3. The SMILES string of the molecule is CC1SCCSC1c1noc(C(C)(C)C2CCCNC2)n1. The van der Waals surface area contributed by atoms with Crippen molar-refractivity contribution in [2.75, 3.05) is 24.6 Å². The van der Waals surface area contributed by atoms with Gasteiger partial charge in [0.15, 0.2) is 5.82 Å². The van der Waals surface area contributed by atoms with Crippen molar-refractivity contribution in [3.63, 3.8) is 0 Å². The molecular weight excluding hydrogens is 302 g/mol. The van der Waals surface area contributed by atoms with Gasteiger partial charge in [0, 0.05) is 22.2 Å². The molecule has 3 atom stereocenters. The molecule has 21 heavy (non-hydrogen) atoms. The van der Waals surface area contributed by atoms with Crippen LogP contribution in [0.5, 0.6) is 0 Å². The molecule has 3 unspecified atom stereocenters. The third kappa shape index (κ3) is 3.27. The molecule has 118 valence electrons. The van der Waals surface area contributed by atoms with Gasteiger partial charge in [0.05, 0.1) is 5.25 Å². The van der Waals surface area contributed by atoms with Gasteiger partial charge in [0.2, 0.25) is 5.89 Å². The first-order valence-electron chi connectivity index (χ1n) is 7.87. The normalized spacial score (nSPS) is 31.3. The topological polar surface area (TPSA) is 51.0 Å². The van der Waals surface area contributed by atoms with Crippen LogP contribution in [0.2, 0.25) is 0 Å². The summed E-state index contributed by atoms with van der Waals surface area (Å²) in [5, 5.41) is 8.74. The van der Waals surface area contributed by atoms with Gasteiger partial charge in [-0.1, -0.05) is 25.9 Å². The monoisotopic (exact) mass is 327 g/mol. The molecule has 1 aromatic rings. The molecule has 0 aliphatic carbocycles. The molecule has 2 aliphatic rings. The van der Waals surface area contributed by atoms with E-state index >= 15 is 0 Å². The van der Waals surface area contributed by atoms with Crippen molar-refractivity contribution in [3.8, 4) is 0 Å². The summed E-state index contributed by atoms with van der Waals surface area (Å²) in [6.07, 6.45) is 2.48. The lowest BCUT2D eigenvalue weighted by atomic mass is 9.75. The van der Waals surface area contributed by atoms with Gasteiger partial charge in [-0.15, -0.1) is 11.8 Å². The number of hydrogen-bond acceptors (Lipinski definition) is 6. The lowest BCUT2D eigenvalue weighted by molar-refractivity contribution is 0.196. The maximum Gasteiger partial charge on any atom is 0.232 e. The summed E-state index contributed by atoms with van der Waals surface area (Å²) in [5.74, 6) is 4.69. The number of aromatic nitrogens is 2. The van der Waals surface area contributed by atoms with E-state index in [0.29, 0.717) is 16.4 Å². The van der Waals surface area contributed by atoms with Crippen LogP contribution in [-0.4, -0.2) is 40.0 Å². The molecule has 6 heteroatoms. The van der Waals surface area contributed by atoms with E-state index in [0.717, 1.165) is 24.8 Å². The Morgan fingerprint density at radius 2 is 2.10 bits per heavy atom. The highest BCUT2D eigenvalue weighted by Crippen LogP contribution is 2.42. The Labute approximate surface area is 135 Å². The van der Waals surface area contributed by atoms with Crippen LogP contribution in [0.25, 0.3) is 0 Å². The highest BCUT2D eigenvalue weighted by molar-refractivity contribution is 8.06. The van der Waals surface area contributed by atoms with Crippen molar-refractivity contribution < 1.29 is 4.52 Å². The Morgan fingerprint density at radius 1 is 1.29 bits per heavy atom. The zero-order valence-corrected chi connectivity index (χ0v) is 14.7. The first-order valence-corrected chi connectivity index (χ1v) is 9.97. The van der Waals surface area contributed by atoms with Gasteiger partial charge in [0.1, 0.15) is 0 Å². The number of rotatable bonds is 3. The van der Waals surface area contributed by atoms with E-state index in [1.807, 2.05) is 23.5 Å². The smallest absolute Gasteiger partial charge is 0.232 e. The molecule has 0 amide bonds. The lowest BCUT2D eigenvalue weighted by Crippen LogP contribution is -2.41. The molecule has 2 aliphatic heterocycles. The zero-order chi connectivity index (χ0) is 14.9. The van der Waals surface area contributed by atoms with Gasteiger partial charge in [-0.3, -0.25) is 0 Å². The Balaban J connectivity index is 1.76. The number of hydrogen-bond donors (Lipinski definition) is 1. The van der Waals surface area contributed by atoms with E-state index in [2.05, 4.69) is 31.2 Å². The van der Waals surface area contributed by atoms with Crippen LogP contribution in [-0.2, 0) is 5.41 Å². The largest absolute Gasteiger partial charge is 0.339 e. The maximum atomic E-state index is 5.67. The molecular formula is C15H25N3OS2. The average Bonchev–Trinajstić information content (AvgIpc) is 2.99. The van der Waals surface area contributed by atoms with E-state index in [4.69, 9.17) is 9.51 Å². The number of nitrogens with one attached hydrogen (secondary N) is 1. The molecule has 3 rings (SSSR count). The van der Waals surface area contributed by atoms with Crippen LogP contribution in [0, 0.1) is 5.92 Å². The molecule has 0 aromatic carbocycles. The fourth-order valence-corrected chi connectivity index (χ4v) is 5.85. The molecule has 1 aromatic heterocycles. The molecule has 2 fully saturated rings. The molecule has 3 heterocycles. The van der Waals surface area contributed by atoms with Gasteiger partial charge in [-0.05, 0) is 31.8 Å². The zero-order valence-electron chi connectivity index (χ0n) is 13.1. The third-order valence-electron chi connectivity index (χ3n) is 4.75. The van der Waals surface area contributed by atoms with E-state index in [1.54, 1.807) is 0 Å². The maximum absolute atomic E-state index is 5.67. The summed E-state index contributed by atoms with van der Waals surface area (Å²) in [6.45, 7) is 8.94. The number of thioether (sulfide) groups is 2. The molecule has 1 N–H and O–H groups in total. The van der Waals surface area contributed by atoms with E-state index < -0.39 is 0 Å². The second-order valence-corrected chi connectivity index (χ2v) is 9.32. The summed E-state index contributed by atoms with van der Waals surface area (Å²) in [6, 6.07) is 0. The molecule has 0 bridgehead atoms. The van der Waals surface area contributed by atoms with E-state index in [-0.39, 0.29) is 5.41 Å². The van der Waals surface area contributed by atoms with Crippen molar-refractivity contribution in [2.45, 2.75) is 49.5 Å². The number of piperidine rings is 1. The van der Waals surface area contributed by atoms with E-state index in [9.17, 15) is 0 Å². The highest BCUT2D eigenvalue weighted by Gasteiger charge is 2.38.